The summed E-state index contributed by atoms with van der Waals surface area (Å²) in [5, 5.41) is 3.06. The zero-order valence-electron chi connectivity index (χ0n) is 19.0. The molecule has 2 heterocycles. The Hall–Kier alpha value is -3.74. The fourth-order valence-corrected chi connectivity index (χ4v) is 4.04. The van der Waals surface area contributed by atoms with E-state index in [1.807, 2.05) is 61.5 Å². The number of hydrogen-bond donors (Lipinski definition) is 1. The van der Waals surface area contributed by atoms with Crippen LogP contribution in [-0.4, -0.2) is 46.9 Å². The van der Waals surface area contributed by atoms with Crippen molar-refractivity contribution >= 4 is 11.8 Å². The number of nitrogens with one attached hydrogen (secondary N) is 1. The summed E-state index contributed by atoms with van der Waals surface area (Å²) < 4.78 is 5.21. The van der Waals surface area contributed by atoms with Crippen LogP contribution < -0.4 is 10.1 Å². The van der Waals surface area contributed by atoms with E-state index in [2.05, 4.69) is 15.3 Å². The van der Waals surface area contributed by atoms with Crippen LogP contribution in [0.2, 0.25) is 0 Å². The number of carbonyl (C=O) groups is 2. The highest BCUT2D eigenvalue weighted by atomic mass is 16.5. The van der Waals surface area contributed by atoms with Crippen LogP contribution in [0.25, 0.3) is 11.4 Å². The molecule has 0 saturated heterocycles. The predicted molar refractivity (Wildman–Crippen MR) is 126 cm³/mol. The minimum atomic E-state index is -0.199. The van der Waals surface area contributed by atoms with Gasteiger partial charge in [0.1, 0.15) is 5.75 Å². The van der Waals surface area contributed by atoms with Crippen molar-refractivity contribution in [2.75, 3.05) is 20.2 Å². The summed E-state index contributed by atoms with van der Waals surface area (Å²) in [7, 11) is 1.62. The number of rotatable bonds is 7. The van der Waals surface area contributed by atoms with Gasteiger partial charge in [0.15, 0.2) is 5.82 Å². The minimum Gasteiger partial charge on any atom is -0.497 e. The number of benzene rings is 2. The maximum absolute atomic E-state index is 13.2. The van der Waals surface area contributed by atoms with Crippen LogP contribution in [0, 0.1) is 0 Å². The Balaban J connectivity index is 1.45. The van der Waals surface area contributed by atoms with Gasteiger partial charge >= 0.3 is 0 Å². The Morgan fingerprint density at radius 2 is 1.91 bits per heavy atom. The van der Waals surface area contributed by atoms with Gasteiger partial charge in [0, 0.05) is 18.3 Å². The van der Waals surface area contributed by atoms with Crippen molar-refractivity contribution in [1.82, 2.24) is 20.2 Å². The topological polar surface area (TPSA) is 84.4 Å². The molecule has 4 rings (SSSR count). The van der Waals surface area contributed by atoms with Gasteiger partial charge in [-0.05, 0) is 37.0 Å². The van der Waals surface area contributed by atoms with E-state index >= 15 is 0 Å². The summed E-state index contributed by atoms with van der Waals surface area (Å²) in [6.45, 7) is 2.53. The van der Waals surface area contributed by atoms with Crippen molar-refractivity contribution < 1.29 is 14.3 Å². The lowest BCUT2D eigenvalue weighted by Gasteiger charge is -2.23. The van der Waals surface area contributed by atoms with Crippen molar-refractivity contribution in [1.29, 1.82) is 0 Å². The maximum atomic E-state index is 13.2. The number of aryl methyl sites for hydroxylation is 1. The van der Waals surface area contributed by atoms with E-state index in [1.165, 1.54) is 0 Å². The van der Waals surface area contributed by atoms with Gasteiger partial charge < -0.3 is 15.0 Å². The van der Waals surface area contributed by atoms with Crippen LogP contribution in [0.15, 0.2) is 60.8 Å². The molecule has 1 aliphatic heterocycles. The molecule has 2 aromatic carbocycles. The summed E-state index contributed by atoms with van der Waals surface area (Å²) in [6, 6.07) is 17.2. The molecule has 1 N–H and O–H groups in total. The van der Waals surface area contributed by atoms with Crippen LogP contribution >= 0.6 is 0 Å². The first-order valence-electron chi connectivity index (χ1n) is 11.2. The van der Waals surface area contributed by atoms with Crippen LogP contribution in [-0.2, 0) is 11.2 Å². The van der Waals surface area contributed by atoms with Gasteiger partial charge in [0.05, 0.1) is 31.0 Å². The number of methoxy groups -OCH3 is 1. The molecule has 1 aliphatic rings. The number of hydrogen-bond acceptors (Lipinski definition) is 5. The molecule has 7 nitrogen and oxygen atoms in total. The quantitative estimate of drug-likeness (QED) is 0.599. The largest absolute Gasteiger partial charge is 0.497 e. The van der Waals surface area contributed by atoms with Gasteiger partial charge in [0.2, 0.25) is 5.91 Å². The van der Waals surface area contributed by atoms with E-state index in [-0.39, 0.29) is 24.4 Å². The molecule has 2 amide bonds. The van der Waals surface area contributed by atoms with Crippen molar-refractivity contribution in [3.8, 4) is 17.1 Å². The average molecular weight is 445 g/mol. The third-order valence-corrected chi connectivity index (χ3v) is 5.86. The van der Waals surface area contributed by atoms with Gasteiger partial charge in [-0.25, -0.2) is 9.97 Å². The number of nitrogens with zero attached hydrogens (tertiary/aromatic N) is 3. The number of fused-ring (bicyclic) bond motifs is 1. The second-order valence-electron chi connectivity index (χ2n) is 8.05. The highest BCUT2D eigenvalue weighted by molar-refractivity contribution is 5.97. The fourth-order valence-electron chi connectivity index (χ4n) is 4.04. The summed E-state index contributed by atoms with van der Waals surface area (Å²) in [4.78, 5) is 36.7. The Morgan fingerprint density at radius 1 is 1.15 bits per heavy atom. The second-order valence-corrected chi connectivity index (χ2v) is 8.05. The van der Waals surface area contributed by atoms with Crippen LogP contribution in [0.5, 0.6) is 5.75 Å². The van der Waals surface area contributed by atoms with Crippen molar-refractivity contribution in [2.24, 2.45) is 0 Å². The molecule has 0 saturated carbocycles. The van der Waals surface area contributed by atoms with Gasteiger partial charge in [0.25, 0.3) is 5.91 Å². The number of amides is 2. The zero-order chi connectivity index (χ0) is 23.2. The van der Waals surface area contributed by atoms with Crippen molar-refractivity contribution in [2.45, 2.75) is 32.2 Å². The summed E-state index contributed by atoms with van der Waals surface area (Å²) in [5.41, 5.74) is 3.13. The maximum Gasteiger partial charge on any atom is 0.257 e. The smallest absolute Gasteiger partial charge is 0.257 e. The Labute approximate surface area is 193 Å². The molecule has 170 valence electrons. The van der Waals surface area contributed by atoms with Crippen molar-refractivity contribution in [3.63, 3.8) is 0 Å². The molecule has 7 heteroatoms. The molecule has 0 radical (unpaired) electrons. The third kappa shape index (κ3) is 5.19. The molecule has 0 fully saturated rings. The molecule has 0 aliphatic carbocycles. The molecule has 1 aromatic heterocycles. The normalized spacial score (nSPS) is 14.2. The lowest BCUT2D eigenvalue weighted by Crippen LogP contribution is -2.41. The zero-order valence-corrected chi connectivity index (χ0v) is 19.0. The molecule has 33 heavy (non-hydrogen) atoms. The number of aromatic nitrogens is 2. The Morgan fingerprint density at radius 3 is 2.61 bits per heavy atom. The van der Waals surface area contributed by atoms with E-state index in [0.29, 0.717) is 24.4 Å². The molecule has 0 spiro atoms. The number of carbonyl (C=O) groups excluding carboxylic acids is 2. The average Bonchev–Trinajstić information content (AvgIpc) is 3.01. The highest BCUT2D eigenvalue weighted by Gasteiger charge is 2.26. The van der Waals surface area contributed by atoms with Gasteiger partial charge in [-0.1, -0.05) is 49.4 Å². The van der Waals surface area contributed by atoms with E-state index in [9.17, 15) is 9.59 Å². The van der Waals surface area contributed by atoms with Crippen molar-refractivity contribution in [3.05, 3.63) is 77.6 Å². The minimum absolute atomic E-state index is 0.00532. The number of ether oxygens (including phenoxy) is 1. The molecule has 1 unspecified atom stereocenters. The van der Waals surface area contributed by atoms with Gasteiger partial charge in [-0.3, -0.25) is 9.59 Å². The molecule has 1 atom stereocenters. The second kappa shape index (κ2) is 10.3. The fraction of sp³-hybridized carbons (Fsp3) is 0.308. The van der Waals surface area contributed by atoms with Gasteiger partial charge in [-0.2, -0.15) is 0 Å². The first kappa shape index (κ1) is 22.5. The highest BCUT2D eigenvalue weighted by Crippen LogP contribution is 2.22. The summed E-state index contributed by atoms with van der Waals surface area (Å²) >= 11 is 0. The monoisotopic (exact) mass is 444 g/mol. The predicted octanol–water partition coefficient (Wildman–Crippen LogP) is 3.81. The Kier molecular flexibility index (Phi) is 6.98. The first-order valence-corrected chi connectivity index (χ1v) is 11.2. The molecular formula is C26H28N4O3. The SMILES string of the molecule is CCC(NC(=O)CN1CCCc2nc(-c3ccccc3)ncc2C1=O)c1ccc(OC)cc1. The summed E-state index contributed by atoms with van der Waals surface area (Å²) in [5.74, 6) is 0.996. The van der Waals surface area contributed by atoms with Gasteiger partial charge in [-0.15, -0.1) is 0 Å². The lowest BCUT2D eigenvalue weighted by atomic mass is 10.0. The van der Waals surface area contributed by atoms with E-state index in [0.717, 1.165) is 35.4 Å². The van der Waals surface area contributed by atoms with E-state index < -0.39 is 0 Å². The third-order valence-electron chi connectivity index (χ3n) is 5.86. The van der Waals surface area contributed by atoms with Crippen LogP contribution in [0.1, 0.15) is 47.4 Å². The van der Waals surface area contributed by atoms with E-state index in [4.69, 9.17) is 4.74 Å². The Bertz CT molecular complexity index is 1120. The van der Waals surface area contributed by atoms with E-state index in [1.54, 1.807) is 18.2 Å². The van der Waals surface area contributed by atoms with Crippen LogP contribution in [0.4, 0.5) is 0 Å². The molecule has 3 aromatic rings. The first-order chi connectivity index (χ1) is 16.1. The summed E-state index contributed by atoms with van der Waals surface area (Å²) in [6.07, 6.45) is 3.75. The standard InChI is InChI=1S/C26H28N4O3/c1-3-22(18-11-13-20(33-2)14-12-18)28-24(31)17-30-15-7-10-23-21(26(30)32)16-27-25(29-23)19-8-5-4-6-9-19/h4-6,8-9,11-14,16,22H,3,7,10,15,17H2,1-2H3,(H,28,31). The molecular weight excluding hydrogens is 416 g/mol. The van der Waals surface area contributed by atoms with Crippen LogP contribution in [0.3, 0.4) is 0 Å². The molecule has 0 bridgehead atoms. The lowest BCUT2D eigenvalue weighted by molar-refractivity contribution is -0.122.